The largest absolute Gasteiger partial charge is 0.573 e. The topological polar surface area (TPSA) is 126 Å². The second kappa shape index (κ2) is 9.44. The van der Waals surface area contributed by atoms with Gasteiger partial charge in [0.1, 0.15) is 0 Å². The number of hydrogen-bond acceptors (Lipinski definition) is 8. The first-order valence-corrected chi connectivity index (χ1v) is 11.7. The van der Waals surface area contributed by atoms with Crippen LogP contribution in [0.5, 0.6) is 17.5 Å². The lowest BCUT2D eigenvalue weighted by Crippen LogP contribution is -2.40. The molecule has 1 aliphatic carbocycles. The van der Waals surface area contributed by atoms with Crippen molar-refractivity contribution in [2.75, 3.05) is 0 Å². The van der Waals surface area contributed by atoms with Crippen LogP contribution >= 0.6 is 11.6 Å². The summed E-state index contributed by atoms with van der Waals surface area (Å²) in [5.41, 5.74) is -1.76. The van der Waals surface area contributed by atoms with Crippen LogP contribution in [0, 0.1) is 0 Å². The third kappa shape index (κ3) is 5.36. The number of fused-ring (bicyclic) bond motifs is 1. The van der Waals surface area contributed by atoms with E-state index in [1.807, 2.05) is 0 Å². The number of imidazole rings is 1. The van der Waals surface area contributed by atoms with Gasteiger partial charge in [0.2, 0.25) is 0 Å². The van der Waals surface area contributed by atoms with E-state index in [1.54, 1.807) is 12.1 Å². The molecule has 38 heavy (non-hydrogen) atoms. The molecule has 0 spiro atoms. The van der Waals surface area contributed by atoms with E-state index in [4.69, 9.17) is 16.3 Å². The van der Waals surface area contributed by atoms with Gasteiger partial charge in [-0.15, -0.1) is 13.2 Å². The van der Waals surface area contributed by atoms with Crippen LogP contribution in [-0.4, -0.2) is 45.7 Å². The zero-order chi connectivity index (χ0) is 27.2. The van der Waals surface area contributed by atoms with Crippen molar-refractivity contribution in [3.05, 3.63) is 68.3 Å². The Balaban J connectivity index is 1.62. The van der Waals surface area contributed by atoms with Gasteiger partial charge >= 0.3 is 18.1 Å². The van der Waals surface area contributed by atoms with E-state index in [0.717, 1.165) is 27.6 Å². The second-order valence-corrected chi connectivity index (χ2v) is 9.34. The van der Waals surface area contributed by atoms with Gasteiger partial charge < -0.3 is 14.6 Å². The number of aryl methyl sites for hydroxylation is 1. The minimum absolute atomic E-state index is 0.00251. The van der Waals surface area contributed by atoms with Crippen LogP contribution in [0.4, 0.5) is 13.2 Å². The Morgan fingerprint density at radius 1 is 1.13 bits per heavy atom. The predicted molar refractivity (Wildman–Crippen MR) is 127 cm³/mol. The van der Waals surface area contributed by atoms with Crippen molar-refractivity contribution in [1.82, 2.24) is 28.7 Å². The Hall–Kier alpha value is -3.91. The number of aromatic nitrogens is 6. The third-order valence-corrected chi connectivity index (χ3v) is 6.29. The highest BCUT2D eigenvalue weighted by Crippen LogP contribution is 2.38. The molecule has 0 saturated heterocycles. The minimum atomic E-state index is -4.94. The Morgan fingerprint density at radius 2 is 1.87 bits per heavy atom. The van der Waals surface area contributed by atoms with Gasteiger partial charge in [0, 0.05) is 25.9 Å². The fraction of sp³-hybridized carbons (Fsp3) is 0.348. The normalized spacial score (nSPS) is 14.6. The van der Waals surface area contributed by atoms with E-state index >= 15 is 0 Å². The van der Waals surface area contributed by atoms with Gasteiger partial charge in [-0.05, 0) is 31.4 Å². The van der Waals surface area contributed by atoms with Crippen LogP contribution in [0.15, 0.2) is 46.4 Å². The Kier molecular flexibility index (Phi) is 6.39. The van der Waals surface area contributed by atoms with E-state index in [-0.39, 0.29) is 42.4 Å². The maximum atomic E-state index is 13.5. The summed E-state index contributed by atoms with van der Waals surface area (Å²) in [6.07, 6.45) is -0.130. The second-order valence-electron chi connectivity index (χ2n) is 8.90. The minimum Gasteiger partial charge on any atom is -0.424 e. The summed E-state index contributed by atoms with van der Waals surface area (Å²) in [7, 11) is 1.42. The Labute approximate surface area is 216 Å². The molecule has 0 atom stereocenters. The summed E-state index contributed by atoms with van der Waals surface area (Å²) in [6.45, 7) is -0.0637. The zero-order valence-corrected chi connectivity index (χ0v) is 20.5. The van der Waals surface area contributed by atoms with E-state index < -0.39 is 29.0 Å². The molecule has 4 aromatic heterocycles. The van der Waals surface area contributed by atoms with Crippen molar-refractivity contribution < 1.29 is 27.8 Å². The lowest BCUT2D eigenvalue weighted by Gasteiger charge is -2.13. The first-order chi connectivity index (χ1) is 17.9. The van der Waals surface area contributed by atoms with Crippen LogP contribution in [0.2, 0.25) is 5.02 Å². The summed E-state index contributed by atoms with van der Waals surface area (Å²) in [5, 5.41) is 10.6. The average molecular weight is 553 g/mol. The highest BCUT2D eigenvalue weighted by Gasteiger charge is 2.40. The van der Waals surface area contributed by atoms with E-state index in [9.17, 15) is 27.9 Å². The van der Waals surface area contributed by atoms with Gasteiger partial charge in [-0.25, -0.2) is 4.79 Å². The molecular weight excluding hydrogens is 533 g/mol. The molecule has 0 bridgehead atoms. The van der Waals surface area contributed by atoms with Gasteiger partial charge in [0.15, 0.2) is 22.7 Å². The van der Waals surface area contributed by atoms with Crippen LogP contribution < -0.4 is 20.7 Å². The summed E-state index contributed by atoms with van der Waals surface area (Å²) in [4.78, 5) is 38.8. The van der Waals surface area contributed by atoms with Gasteiger partial charge in [-0.1, -0.05) is 11.6 Å². The lowest BCUT2D eigenvalue weighted by molar-refractivity contribution is -0.274. The maximum Gasteiger partial charge on any atom is 0.573 e. The summed E-state index contributed by atoms with van der Waals surface area (Å²) in [5.74, 6) is -0.779. The number of ether oxygens (including phenoxy) is 2. The molecular formula is C23H20ClF3N6O5. The van der Waals surface area contributed by atoms with Crippen molar-refractivity contribution in [1.29, 1.82) is 0 Å². The SMILES string of the molecule is Cn1c(=O)n(CCC2(O)CC2)c(=O)c2c1nc(Oc1cncc(OC(F)(F)F)c1)n2Cc1ccc(Cl)cn1. The molecule has 11 nitrogen and oxygen atoms in total. The smallest absolute Gasteiger partial charge is 0.424 e. The molecule has 1 saturated carbocycles. The molecule has 1 fully saturated rings. The number of hydrogen-bond donors (Lipinski definition) is 1. The Morgan fingerprint density at radius 3 is 2.53 bits per heavy atom. The van der Waals surface area contributed by atoms with Crippen LogP contribution in [-0.2, 0) is 20.1 Å². The highest BCUT2D eigenvalue weighted by atomic mass is 35.5. The first kappa shape index (κ1) is 25.7. The van der Waals surface area contributed by atoms with Gasteiger partial charge in [-0.2, -0.15) is 4.98 Å². The summed E-state index contributed by atoms with van der Waals surface area (Å²) >= 11 is 5.93. The lowest BCUT2D eigenvalue weighted by atomic mass is 10.2. The van der Waals surface area contributed by atoms with Crippen LogP contribution in [0.1, 0.15) is 25.0 Å². The van der Waals surface area contributed by atoms with E-state index in [1.165, 1.54) is 17.8 Å². The molecule has 5 rings (SSSR count). The highest BCUT2D eigenvalue weighted by molar-refractivity contribution is 6.30. The van der Waals surface area contributed by atoms with Crippen molar-refractivity contribution >= 4 is 22.8 Å². The number of rotatable bonds is 8. The fourth-order valence-electron chi connectivity index (χ4n) is 3.90. The maximum absolute atomic E-state index is 13.5. The molecule has 0 radical (unpaired) electrons. The quantitative estimate of drug-likeness (QED) is 0.353. The third-order valence-electron chi connectivity index (χ3n) is 6.06. The average Bonchev–Trinajstić information content (AvgIpc) is 3.48. The number of nitrogens with zero attached hydrogens (tertiary/aromatic N) is 6. The summed E-state index contributed by atoms with van der Waals surface area (Å²) < 4.78 is 51.2. The number of aliphatic hydroxyl groups is 1. The fourth-order valence-corrected chi connectivity index (χ4v) is 4.01. The monoisotopic (exact) mass is 552 g/mol. The molecule has 0 aliphatic heterocycles. The van der Waals surface area contributed by atoms with Gasteiger partial charge in [0.25, 0.3) is 5.56 Å². The van der Waals surface area contributed by atoms with Crippen molar-refractivity contribution in [3.8, 4) is 17.5 Å². The van der Waals surface area contributed by atoms with Crippen LogP contribution in [0.25, 0.3) is 11.2 Å². The zero-order valence-electron chi connectivity index (χ0n) is 19.8. The molecule has 4 aromatic rings. The molecule has 15 heteroatoms. The molecule has 4 heterocycles. The molecule has 1 aliphatic rings. The first-order valence-electron chi connectivity index (χ1n) is 11.3. The van der Waals surface area contributed by atoms with E-state index in [0.29, 0.717) is 23.6 Å². The van der Waals surface area contributed by atoms with Crippen molar-refractivity contribution in [2.45, 2.75) is 44.3 Å². The molecule has 1 N–H and O–H groups in total. The molecule has 0 amide bonds. The van der Waals surface area contributed by atoms with Gasteiger partial charge in [-0.3, -0.25) is 28.5 Å². The number of pyridine rings is 2. The Bertz CT molecular complexity index is 1630. The van der Waals surface area contributed by atoms with Crippen molar-refractivity contribution in [2.24, 2.45) is 7.05 Å². The standard InChI is InChI=1S/C23H20ClF3N6O5/c1-31-18-17(19(34)32(21(31)35)7-6-22(36)4-5-22)33(12-14-3-2-13(24)9-29-14)20(30-18)37-15-8-16(11-28-10-15)38-23(25,26)27/h2-3,8-11,36H,4-7,12H2,1H3. The van der Waals surface area contributed by atoms with E-state index in [2.05, 4.69) is 19.7 Å². The predicted octanol–water partition coefficient (Wildman–Crippen LogP) is 2.99. The van der Waals surface area contributed by atoms with Crippen molar-refractivity contribution in [3.63, 3.8) is 0 Å². The molecule has 0 aromatic carbocycles. The molecule has 0 unspecified atom stereocenters. The van der Waals surface area contributed by atoms with Gasteiger partial charge in [0.05, 0.1) is 35.3 Å². The summed E-state index contributed by atoms with van der Waals surface area (Å²) in [6, 6.07) is 3.96. The number of halogens is 4. The van der Waals surface area contributed by atoms with Crippen LogP contribution in [0.3, 0.4) is 0 Å². The number of alkyl halides is 3. The molecule has 200 valence electrons.